The standard InChI is InChI=1S/C12H17NO/c1-3-8-13-9-11-6-4-5-7-12(11)10-14-2/h3-7,13H,1,8-10H2,2H3. The summed E-state index contributed by atoms with van der Waals surface area (Å²) in [6.07, 6.45) is 1.86. The molecule has 76 valence electrons. The van der Waals surface area contributed by atoms with Crippen LogP contribution in [0.25, 0.3) is 0 Å². The quantitative estimate of drug-likeness (QED) is 0.549. The summed E-state index contributed by atoms with van der Waals surface area (Å²) >= 11 is 0. The minimum absolute atomic E-state index is 0.673. The number of rotatable bonds is 6. The van der Waals surface area contributed by atoms with Gasteiger partial charge >= 0.3 is 0 Å². The first-order chi connectivity index (χ1) is 6.88. The zero-order valence-electron chi connectivity index (χ0n) is 8.62. The maximum Gasteiger partial charge on any atom is 0.0716 e. The van der Waals surface area contributed by atoms with Crippen molar-refractivity contribution in [3.8, 4) is 0 Å². The predicted octanol–water partition coefficient (Wildman–Crippen LogP) is 2.11. The smallest absolute Gasteiger partial charge is 0.0716 e. The van der Waals surface area contributed by atoms with Gasteiger partial charge in [0.05, 0.1) is 6.61 Å². The first-order valence-corrected chi connectivity index (χ1v) is 4.75. The Kier molecular flexibility index (Phi) is 4.97. The van der Waals surface area contributed by atoms with E-state index in [-0.39, 0.29) is 0 Å². The molecule has 0 atom stereocenters. The minimum atomic E-state index is 0.673. The number of benzene rings is 1. The second-order valence-corrected chi connectivity index (χ2v) is 3.12. The molecule has 0 radical (unpaired) electrons. The summed E-state index contributed by atoms with van der Waals surface area (Å²) in [5.41, 5.74) is 2.53. The van der Waals surface area contributed by atoms with Crippen molar-refractivity contribution in [2.75, 3.05) is 13.7 Å². The topological polar surface area (TPSA) is 21.3 Å². The van der Waals surface area contributed by atoms with Gasteiger partial charge in [-0.25, -0.2) is 0 Å². The van der Waals surface area contributed by atoms with Crippen LogP contribution in [0.3, 0.4) is 0 Å². The van der Waals surface area contributed by atoms with Crippen LogP contribution in [0.5, 0.6) is 0 Å². The van der Waals surface area contributed by atoms with E-state index in [0.29, 0.717) is 6.61 Å². The molecule has 1 aromatic rings. The van der Waals surface area contributed by atoms with E-state index in [9.17, 15) is 0 Å². The lowest BCUT2D eigenvalue weighted by atomic mass is 10.1. The Morgan fingerprint density at radius 1 is 1.36 bits per heavy atom. The van der Waals surface area contributed by atoms with Crippen molar-refractivity contribution in [3.63, 3.8) is 0 Å². The monoisotopic (exact) mass is 191 g/mol. The molecule has 2 nitrogen and oxygen atoms in total. The molecule has 0 aliphatic rings. The summed E-state index contributed by atoms with van der Waals surface area (Å²) in [5, 5.41) is 3.28. The SMILES string of the molecule is C=CCNCc1ccccc1COC. The van der Waals surface area contributed by atoms with Crippen LogP contribution in [0, 0.1) is 0 Å². The fourth-order valence-electron chi connectivity index (χ4n) is 1.34. The van der Waals surface area contributed by atoms with Crippen molar-refractivity contribution in [2.24, 2.45) is 0 Å². The summed E-state index contributed by atoms with van der Waals surface area (Å²) < 4.78 is 5.13. The number of methoxy groups -OCH3 is 1. The Bertz CT molecular complexity index is 283. The average Bonchev–Trinajstić information content (AvgIpc) is 2.21. The van der Waals surface area contributed by atoms with Crippen molar-refractivity contribution < 1.29 is 4.74 Å². The third-order valence-corrected chi connectivity index (χ3v) is 2.02. The van der Waals surface area contributed by atoms with E-state index in [0.717, 1.165) is 13.1 Å². The van der Waals surface area contributed by atoms with Crippen molar-refractivity contribution in [1.29, 1.82) is 0 Å². The van der Waals surface area contributed by atoms with E-state index in [1.54, 1.807) is 7.11 Å². The number of hydrogen-bond acceptors (Lipinski definition) is 2. The van der Waals surface area contributed by atoms with Crippen molar-refractivity contribution in [1.82, 2.24) is 5.32 Å². The Morgan fingerprint density at radius 2 is 2.07 bits per heavy atom. The van der Waals surface area contributed by atoms with Gasteiger partial charge in [-0.1, -0.05) is 30.3 Å². The second-order valence-electron chi connectivity index (χ2n) is 3.12. The Morgan fingerprint density at radius 3 is 2.71 bits per heavy atom. The van der Waals surface area contributed by atoms with E-state index < -0.39 is 0 Å². The Labute approximate surface area is 85.6 Å². The van der Waals surface area contributed by atoms with Crippen molar-refractivity contribution >= 4 is 0 Å². The van der Waals surface area contributed by atoms with E-state index in [4.69, 9.17) is 4.74 Å². The molecule has 1 N–H and O–H groups in total. The molecule has 0 unspecified atom stereocenters. The lowest BCUT2D eigenvalue weighted by molar-refractivity contribution is 0.184. The van der Waals surface area contributed by atoms with Gasteiger partial charge in [0.25, 0.3) is 0 Å². The third-order valence-electron chi connectivity index (χ3n) is 2.02. The number of nitrogens with one attached hydrogen (secondary N) is 1. The Hall–Kier alpha value is -1.12. The molecule has 0 bridgehead atoms. The van der Waals surface area contributed by atoms with E-state index in [1.165, 1.54) is 11.1 Å². The number of ether oxygens (including phenoxy) is 1. The van der Waals surface area contributed by atoms with Gasteiger partial charge in [0.1, 0.15) is 0 Å². The summed E-state index contributed by atoms with van der Waals surface area (Å²) in [5.74, 6) is 0. The van der Waals surface area contributed by atoms with Gasteiger partial charge in [0, 0.05) is 20.2 Å². The van der Waals surface area contributed by atoms with Crippen LogP contribution in [-0.4, -0.2) is 13.7 Å². The molecule has 14 heavy (non-hydrogen) atoms. The molecule has 0 aromatic heterocycles. The average molecular weight is 191 g/mol. The maximum absolute atomic E-state index is 5.13. The highest BCUT2D eigenvalue weighted by Gasteiger charge is 1.99. The maximum atomic E-state index is 5.13. The third kappa shape index (κ3) is 3.32. The van der Waals surface area contributed by atoms with Gasteiger partial charge in [0.2, 0.25) is 0 Å². The van der Waals surface area contributed by atoms with Gasteiger partial charge in [-0.2, -0.15) is 0 Å². The first kappa shape index (κ1) is 11.0. The molecule has 0 saturated heterocycles. The molecule has 0 amide bonds. The normalized spacial score (nSPS) is 10.1. The van der Waals surface area contributed by atoms with E-state index in [1.807, 2.05) is 18.2 Å². The van der Waals surface area contributed by atoms with Crippen LogP contribution in [0.1, 0.15) is 11.1 Å². The molecular formula is C12H17NO. The fraction of sp³-hybridized carbons (Fsp3) is 0.333. The predicted molar refractivity (Wildman–Crippen MR) is 59.1 cm³/mol. The van der Waals surface area contributed by atoms with Gasteiger partial charge in [0.15, 0.2) is 0 Å². The van der Waals surface area contributed by atoms with Crippen molar-refractivity contribution in [2.45, 2.75) is 13.2 Å². The number of hydrogen-bond donors (Lipinski definition) is 1. The second kappa shape index (κ2) is 6.35. The van der Waals surface area contributed by atoms with Crippen LogP contribution in [0.4, 0.5) is 0 Å². The fourth-order valence-corrected chi connectivity index (χ4v) is 1.34. The van der Waals surface area contributed by atoms with Crippen molar-refractivity contribution in [3.05, 3.63) is 48.0 Å². The van der Waals surface area contributed by atoms with Crippen LogP contribution >= 0.6 is 0 Å². The zero-order valence-corrected chi connectivity index (χ0v) is 8.62. The minimum Gasteiger partial charge on any atom is -0.380 e. The van der Waals surface area contributed by atoms with Gasteiger partial charge in [-0.05, 0) is 11.1 Å². The molecule has 0 aliphatic carbocycles. The molecule has 2 heteroatoms. The zero-order chi connectivity index (χ0) is 10.2. The molecular weight excluding hydrogens is 174 g/mol. The van der Waals surface area contributed by atoms with Crippen LogP contribution in [0.2, 0.25) is 0 Å². The Balaban J connectivity index is 2.59. The largest absolute Gasteiger partial charge is 0.380 e. The van der Waals surface area contributed by atoms with E-state index in [2.05, 4.69) is 24.0 Å². The lowest BCUT2D eigenvalue weighted by Gasteiger charge is -2.08. The molecule has 0 spiro atoms. The van der Waals surface area contributed by atoms with Crippen LogP contribution < -0.4 is 5.32 Å². The van der Waals surface area contributed by atoms with Crippen LogP contribution in [0.15, 0.2) is 36.9 Å². The van der Waals surface area contributed by atoms with Gasteiger partial charge in [-0.3, -0.25) is 0 Å². The molecule has 1 rings (SSSR count). The highest BCUT2D eigenvalue weighted by atomic mass is 16.5. The summed E-state index contributed by atoms with van der Waals surface area (Å²) in [7, 11) is 1.72. The van der Waals surface area contributed by atoms with E-state index >= 15 is 0 Å². The summed E-state index contributed by atoms with van der Waals surface area (Å²) in [6.45, 7) is 6.04. The van der Waals surface area contributed by atoms with Crippen LogP contribution in [-0.2, 0) is 17.9 Å². The molecule has 1 aromatic carbocycles. The highest BCUT2D eigenvalue weighted by molar-refractivity contribution is 5.26. The van der Waals surface area contributed by atoms with Gasteiger partial charge < -0.3 is 10.1 Å². The first-order valence-electron chi connectivity index (χ1n) is 4.75. The highest BCUT2D eigenvalue weighted by Crippen LogP contribution is 2.09. The van der Waals surface area contributed by atoms with Gasteiger partial charge in [-0.15, -0.1) is 6.58 Å². The molecule has 0 heterocycles. The molecule has 0 fully saturated rings. The molecule has 0 saturated carbocycles. The lowest BCUT2D eigenvalue weighted by Crippen LogP contribution is -2.14. The summed E-state index contributed by atoms with van der Waals surface area (Å²) in [4.78, 5) is 0. The summed E-state index contributed by atoms with van der Waals surface area (Å²) in [6, 6.07) is 8.29. The molecule has 0 aliphatic heterocycles.